The van der Waals surface area contributed by atoms with Gasteiger partial charge in [0.2, 0.25) is 0 Å². The van der Waals surface area contributed by atoms with Crippen molar-refractivity contribution in [1.29, 1.82) is 0 Å². The molecule has 6 atom stereocenters. The van der Waals surface area contributed by atoms with E-state index in [9.17, 15) is 33.6 Å². The van der Waals surface area contributed by atoms with Gasteiger partial charge in [-0.2, -0.15) is 13.6 Å². The fourth-order valence-electron chi connectivity index (χ4n) is 2.41. The summed E-state index contributed by atoms with van der Waals surface area (Å²) in [5, 5.41) is 20.8. The van der Waals surface area contributed by atoms with Crippen LogP contribution in [0.2, 0.25) is 0 Å². The van der Waals surface area contributed by atoms with Crippen LogP contribution in [0.25, 0.3) is 0 Å². The maximum atomic E-state index is 12.0. The van der Waals surface area contributed by atoms with Crippen molar-refractivity contribution in [1.82, 2.24) is 9.55 Å². The van der Waals surface area contributed by atoms with Crippen LogP contribution in [-0.2, 0) is 31.6 Å². The van der Waals surface area contributed by atoms with Gasteiger partial charge >= 0.3 is 29.2 Å². The molecule has 1 aliphatic heterocycles. The van der Waals surface area contributed by atoms with Gasteiger partial charge in [0.1, 0.15) is 18.0 Å². The molecule has 0 bridgehead atoms. The third-order valence-electron chi connectivity index (χ3n) is 3.64. The summed E-state index contributed by atoms with van der Waals surface area (Å²) in [7, 11) is -16.9. The molecular weight excluding hydrogens is 491 g/mol. The number of phosphoric acid groups is 3. The van der Waals surface area contributed by atoms with Crippen molar-refractivity contribution < 1.29 is 61.4 Å². The maximum Gasteiger partial charge on any atom is 0.490 e. The van der Waals surface area contributed by atoms with Gasteiger partial charge in [0.25, 0.3) is 0 Å². The largest absolute Gasteiger partial charge is 0.490 e. The normalized spacial score (nSPS) is 30.3. The summed E-state index contributed by atoms with van der Waals surface area (Å²) in [6, 6.07) is 1.15. The number of hydrogen-bond acceptors (Lipinski definition) is 12. The minimum Gasteiger partial charge on any atom is -0.386 e. The van der Waals surface area contributed by atoms with E-state index in [0.717, 1.165) is 12.3 Å². The number of aliphatic hydroxyl groups excluding tert-OH is 1. The van der Waals surface area contributed by atoms with Gasteiger partial charge in [-0.05, 0) is 6.07 Å². The number of terminal acetylenes is 1. The second kappa shape index (κ2) is 8.81. The molecule has 0 amide bonds. The van der Waals surface area contributed by atoms with Crippen molar-refractivity contribution in [2.24, 2.45) is 0 Å². The summed E-state index contributed by atoms with van der Waals surface area (Å²) in [5.74, 6) is 1.65. The second-order valence-electron chi connectivity index (χ2n) is 5.87. The molecule has 17 nitrogen and oxygen atoms in total. The molecule has 0 aromatic carbocycles. The number of nitrogens with zero attached hydrogens (tertiary/aromatic N) is 2. The molecular formula is C11H16N3O14P3. The Morgan fingerprint density at radius 1 is 1.26 bits per heavy atom. The van der Waals surface area contributed by atoms with E-state index in [-0.39, 0.29) is 5.82 Å². The highest BCUT2D eigenvalue weighted by Gasteiger charge is 2.56. The van der Waals surface area contributed by atoms with Crippen LogP contribution in [0, 0.1) is 12.3 Å². The Balaban J connectivity index is 2.18. The van der Waals surface area contributed by atoms with Crippen LogP contribution in [-0.4, -0.2) is 63.8 Å². The molecule has 1 aromatic rings. The Morgan fingerprint density at radius 2 is 1.87 bits per heavy atom. The van der Waals surface area contributed by atoms with Gasteiger partial charge in [-0.15, -0.1) is 6.42 Å². The fraction of sp³-hybridized carbons (Fsp3) is 0.455. The summed E-state index contributed by atoms with van der Waals surface area (Å²) < 4.78 is 51.0. The third kappa shape index (κ3) is 6.28. The Kier molecular flexibility index (Phi) is 7.33. The first-order valence-electron chi connectivity index (χ1n) is 7.66. The molecule has 0 aliphatic carbocycles. The highest BCUT2D eigenvalue weighted by molar-refractivity contribution is 7.66. The quantitative estimate of drug-likeness (QED) is 0.145. The van der Waals surface area contributed by atoms with Crippen LogP contribution in [0.4, 0.5) is 5.82 Å². The number of aromatic nitrogens is 2. The van der Waals surface area contributed by atoms with Gasteiger partial charge in [-0.25, -0.2) is 18.5 Å². The van der Waals surface area contributed by atoms with Gasteiger partial charge < -0.3 is 40.3 Å². The molecule has 1 fully saturated rings. The van der Waals surface area contributed by atoms with Crippen molar-refractivity contribution in [3.8, 4) is 12.3 Å². The second-order valence-corrected chi connectivity index (χ2v) is 10.3. The van der Waals surface area contributed by atoms with E-state index < -0.39 is 59.8 Å². The smallest absolute Gasteiger partial charge is 0.386 e. The summed E-state index contributed by atoms with van der Waals surface area (Å²) in [6.45, 7) is -1.12. The van der Waals surface area contributed by atoms with Gasteiger partial charge in [-0.1, -0.05) is 5.92 Å². The minimum atomic E-state index is -5.77. The zero-order valence-electron chi connectivity index (χ0n) is 14.9. The first-order chi connectivity index (χ1) is 14.0. The molecule has 31 heavy (non-hydrogen) atoms. The SMILES string of the molecule is C#C[C@@]1(O)[C@H](O)[C@@H](COP(=O)(O)OP(=O)(O)OP(=O)(O)O)O[C@H]1n1ccc(N)nc1=O. The summed E-state index contributed by atoms with van der Waals surface area (Å²) in [4.78, 5) is 50.9. The Hall–Kier alpha value is -1.47. The first-order valence-corrected chi connectivity index (χ1v) is 12.2. The molecule has 1 saturated heterocycles. The van der Waals surface area contributed by atoms with E-state index in [4.69, 9.17) is 31.6 Å². The Morgan fingerprint density at radius 3 is 2.39 bits per heavy atom. The van der Waals surface area contributed by atoms with Crippen molar-refractivity contribution in [2.45, 2.75) is 24.0 Å². The maximum absolute atomic E-state index is 12.0. The molecule has 8 N–H and O–H groups in total. The van der Waals surface area contributed by atoms with E-state index in [0.29, 0.717) is 4.57 Å². The van der Waals surface area contributed by atoms with Crippen molar-refractivity contribution in [3.63, 3.8) is 0 Å². The standard InChI is InChI=1S/C11H16N3O14P3/c1-2-11(17)8(15)6(26-9(11)14-4-3-7(12)13-10(14)16)5-25-30(21,22)28-31(23,24)27-29(18,19)20/h1,3-4,6,8-9,15,17H,5H2,(H,21,22)(H,23,24)(H2,12,13,16)(H2,18,19,20)/t6-,8-,9-,11-/m1/s1. The van der Waals surface area contributed by atoms with Crippen LogP contribution < -0.4 is 11.4 Å². The first kappa shape index (κ1) is 25.8. The number of aliphatic hydroxyl groups is 2. The molecule has 1 aromatic heterocycles. The Labute approximate surface area is 172 Å². The van der Waals surface area contributed by atoms with E-state index >= 15 is 0 Å². The number of rotatable bonds is 8. The lowest BCUT2D eigenvalue weighted by molar-refractivity contribution is -0.0760. The molecule has 0 spiro atoms. The van der Waals surface area contributed by atoms with Gasteiger partial charge in [0.15, 0.2) is 11.8 Å². The molecule has 0 saturated carbocycles. The van der Waals surface area contributed by atoms with E-state index in [1.807, 2.05) is 5.92 Å². The highest BCUT2D eigenvalue weighted by Crippen LogP contribution is 2.66. The number of hydrogen-bond donors (Lipinski definition) is 7. The number of nitrogen functional groups attached to an aromatic ring is 1. The topological polar surface area (TPSA) is 270 Å². The van der Waals surface area contributed by atoms with Crippen molar-refractivity contribution in [2.75, 3.05) is 12.3 Å². The van der Waals surface area contributed by atoms with Gasteiger partial charge in [0.05, 0.1) is 6.61 Å². The molecule has 20 heteroatoms. The van der Waals surface area contributed by atoms with Crippen LogP contribution in [0.15, 0.2) is 17.1 Å². The third-order valence-corrected chi connectivity index (χ3v) is 7.44. The molecule has 2 rings (SSSR count). The zero-order valence-corrected chi connectivity index (χ0v) is 17.6. The predicted octanol–water partition coefficient (Wildman–Crippen LogP) is -2.21. The lowest BCUT2D eigenvalue weighted by Gasteiger charge is -2.26. The molecule has 2 heterocycles. The van der Waals surface area contributed by atoms with E-state index in [1.54, 1.807) is 0 Å². The number of ether oxygens (including phenoxy) is 1. The fourth-order valence-corrected chi connectivity index (χ4v) is 5.44. The van der Waals surface area contributed by atoms with Crippen LogP contribution in [0.1, 0.15) is 6.23 Å². The molecule has 1 aliphatic rings. The van der Waals surface area contributed by atoms with Gasteiger partial charge in [-0.3, -0.25) is 9.09 Å². The monoisotopic (exact) mass is 507 g/mol. The molecule has 0 radical (unpaired) electrons. The molecule has 2 unspecified atom stereocenters. The zero-order chi connectivity index (χ0) is 23.8. The average molecular weight is 507 g/mol. The lowest BCUT2D eigenvalue weighted by Crippen LogP contribution is -2.47. The highest BCUT2D eigenvalue weighted by atomic mass is 31.3. The molecule has 174 valence electrons. The number of nitrogens with two attached hydrogens (primary N) is 1. The van der Waals surface area contributed by atoms with Crippen molar-refractivity contribution >= 4 is 29.3 Å². The Bertz CT molecular complexity index is 1080. The lowest BCUT2D eigenvalue weighted by atomic mass is 9.95. The summed E-state index contributed by atoms with van der Waals surface area (Å²) in [5.41, 5.74) is 1.76. The average Bonchev–Trinajstić information content (AvgIpc) is 2.82. The van der Waals surface area contributed by atoms with Crippen molar-refractivity contribution in [3.05, 3.63) is 22.7 Å². The number of phosphoric ester groups is 1. The van der Waals surface area contributed by atoms with Crippen LogP contribution in [0.3, 0.4) is 0 Å². The number of anilines is 1. The predicted molar refractivity (Wildman–Crippen MR) is 96.4 cm³/mol. The minimum absolute atomic E-state index is 0.173. The summed E-state index contributed by atoms with van der Waals surface area (Å²) >= 11 is 0. The summed E-state index contributed by atoms with van der Waals surface area (Å²) in [6.07, 6.45) is 0.761. The van der Waals surface area contributed by atoms with Crippen LogP contribution >= 0.6 is 23.5 Å². The van der Waals surface area contributed by atoms with E-state index in [1.165, 1.54) is 0 Å². The van der Waals surface area contributed by atoms with Gasteiger partial charge in [0, 0.05) is 6.20 Å². The van der Waals surface area contributed by atoms with E-state index in [2.05, 4.69) is 18.1 Å². The van der Waals surface area contributed by atoms with Crippen LogP contribution in [0.5, 0.6) is 0 Å².